The van der Waals surface area contributed by atoms with E-state index in [9.17, 15) is 14.7 Å². The van der Waals surface area contributed by atoms with Crippen LogP contribution in [0.5, 0.6) is 5.75 Å². The molecule has 0 radical (unpaired) electrons. The van der Waals surface area contributed by atoms with E-state index in [1.807, 2.05) is 28.0 Å². The van der Waals surface area contributed by atoms with Gasteiger partial charge in [0.25, 0.3) is 0 Å². The van der Waals surface area contributed by atoms with Crippen molar-refractivity contribution < 1.29 is 24.2 Å². The van der Waals surface area contributed by atoms with Crippen LogP contribution in [0.4, 0.5) is 0 Å². The molecule has 0 saturated carbocycles. The average molecular weight is 404 g/mol. The number of aromatic amines is 1. The molecule has 9 nitrogen and oxygen atoms in total. The third-order valence-electron chi connectivity index (χ3n) is 5.23. The van der Waals surface area contributed by atoms with E-state index in [1.165, 1.54) is 0 Å². The number of methoxy groups -OCH3 is 2. The molecule has 1 aliphatic heterocycles. The van der Waals surface area contributed by atoms with Gasteiger partial charge in [-0.25, -0.2) is 0 Å². The lowest BCUT2D eigenvalue weighted by Gasteiger charge is -2.37. The number of benzene rings is 1. The van der Waals surface area contributed by atoms with Crippen molar-refractivity contribution in [2.75, 3.05) is 60.1 Å². The first-order valence-electron chi connectivity index (χ1n) is 9.64. The molecule has 3 N–H and O–H groups in total. The normalized spacial score (nSPS) is 16.6. The maximum Gasteiger partial charge on any atom is 0.325 e. The van der Waals surface area contributed by atoms with Crippen LogP contribution in [0.3, 0.4) is 0 Å². The molecule has 2 aromatic rings. The molecule has 9 heteroatoms. The summed E-state index contributed by atoms with van der Waals surface area (Å²) in [6, 6.07) is 4.85. The fourth-order valence-electron chi connectivity index (χ4n) is 3.76. The number of ether oxygens (including phenoxy) is 2. The van der Waals surface area contributed by atoms with Crippen molar-refractivity contribution in [2.45, 2.75) is 6.04 Å². The van der Waals surface area contributed by atoms with Gasteiger partial charge in [0.15, 0.2) is 0 Å². The number of aliphatic carboxylic acids is 1. The minimum Gasteiger partial charge on any atom is -0.495 e. The van der Waals surface area contributed by atoms with Crippen LogP contribution in [-0.2, 0) is 14.3 Å². The number of aromatic nitrogens is 1. The summed E-state index contributed by atoms with van der Waals surface area (Å²) in [5.74, 6) is -0.254. The highest BCUT2D eigenvalue weighted by atomic mass is 16.5. The van der Waals surface area contributed by atoms with Gasteiger partial charge in [0.05, 0.1) is 25.8 Å². The summed E-state index contributed by atoms with van der Waals surface area (Å²) in [6.45, 7) is 3.67. The Hall–Kier alpha value is -2.62. The lowest BCUT2D eigenvalue weighted by molar-refractivity contribution is -0.144. The lowest BCUT2D eigenvalue weighted by atomic mass is 10.0. The van der Waals surface area contributed by atoms with E-state index in [2.05, 4.69) is 10.3 Å². The number of nitrogens with zero attached hydrogens (tertiary/aromatic N) is 2. The van der Waals surface area contributed by atoms with Crippen molar-refractivity contribution in [3.05, 3.63) is 30.0 Å². The SMILES string of the molecule is COCCNC(=O)CN1CCN([C@@H](C(=O)O)c2c[nH]c3c(OC)cccc23)CC1. The number of carbonyl (C=O) groups excluding carboxylic acids is 1. The summed E-state index contributed by atoms with van der Waals surface area (Å²) in [4.78, 5) is 31.2. The molecular weight excluding hydrogens is 376 g/mol. The predicted molar refractivity (Wildman–Crippen MR) is 108 cm³/mol. The van der Waals surface area contributed by atoms with Crippen LogP contribution in [0.1, 0.15) is 11.6 Å². The van der Waals surface area contributed by atoms with Gasteiger partial charge in [0.1, 0.15) is 11.8 Å². The molecule has 2 heterocycles. The Labute approximate surface area is 169 Å². The maximum atomic E-state index is 12.1. The number of carboxylic acid groups (broad SMARTS) is 1. The molecule has 1 aromatic carbocycles. The highest BCUT2D eigenvalue weighted by molar-refractivity contribution is 5.92. The van der Waals surface area contributed by atoms with Gasteiger partial charge in [-0.05, 0) is 6.07 Å². The molecule has 1 atom stereocenters. The third-order valence-corrected chi connectivity index (χ3v) is 5.23. The van der Waals surface area contributed by atoms with E-state index in [0.29, 0.717) is 51.6 Å². The monoisotopic (exact) mass is 404 g/mol. The van der Waals surface area contributed by atoms with Gasteiger partial charge >= 0.3 is 5.97 Å². The van der Waals surface area contributed by atoms with E-state index in [1.54, 1.807) is 20.4 Å². The first-order valence-corrected chi connectivity index (χ1v) is 9.64. The van der Waals surface area contributed by atoms with Crippen molar-refractivity contribution in [1.82, 2.24) is 20.1 Å². The van der Waals surface area contributed by atoms with Crippen molar-refractivity contribution >= 4 is 22.8 Å². The highest BCUT2D eigenvalue weighted by Gasteiger charge is 2.32. The molecule has 0 aliphatic carbocycles. The molecule has 0 bridgehead atoms. The molecule has 3 rings (SSSR count). The van der Waals surface area contributed by atoms with Crippen molar-refractivity contribution in [3.63, 3.8) is 0 Å². The summed E-state index contributed by atoms with van der Waals surface area (Å²) in [5, 5.41) is 13.6. The molecule has 1 aliphatic rings. The molecule has 29 heavy (non-hydrogen) atoms. The Balaban J connectivity index is 1.66. The standard InChI is InChI=1S/C20H28N4O5/c1-28-11-6-21-17(25)13-23-7-9-24(10-8-23)19(20(26)27)15-12-22-18-14(15)4-3-5-16(18)29-2/h3-5,12,19,22H,6-11,13H2,1-2H3,(H,21,25)(H,26,27)/t19-/m1/s1. The number of nitrogens with one attached hydrogen (secondary N) is 2. The van der Waals surface area contributed by atoms with Crippen LogP contribution >= 0.6 is 0 Å². The number of para-hydroxylation sites is 1. The van der Waals surface area contributed by atoms with Gasteiger partial charge in [-0.1, -0.05) is 12.1 Å². The highest BCUT2D eigenvalue weighted by Crippen LogP contribution is 2.33. The van der Waals surface area contributed by atoms with E-state index in [4.69, 9.17) is 9.47 Å². The molecule has 1 amide bonds. The molecule has 1 saturated heterocycles. The number of H-pyrrole nitrogens is 1. The second kappa shape index (κ2) is 9.73. The zero-order valence-corrected chi connectivity index (χ0v) is 16.8. The first-order chi connectivity index (χ1) is 14.0. The molecule has 1 fully saturated rings. The van der Waals surface area contributed by atoms with Crippen LogP contribution < -0.4 is 10.1 Å². The summed E-state index contributed by atoms with van der Waals surface area (Å²) in [7, 11) is 3.18. The van der Waals surface area contributed by atoms with Crippen molar-refractivity contribution in [2.24, 2.45) is 0 Å². The summed E-state index contributed by atoms with van der Waals surface area (Å²) < 4.78 is 10.3. The second-order valence-corrected chi connectivity index (χ2v) is 7.02. The first kappa shape index (κ1) is 21.1. The van der Waals surface area contributed by atoms with Gasteiger partial charge in [-0.3, -0.25) is 19.4 Å². The van der Waals surface area contributed by atoms with Gasteiger partial charge in [0.2, 0.25) is 5.91 Å². The zero-order chi connectivity index (χ0) is 20.8. The Kier molecular flexibility index (Phi) is 7.08. The van der Waals surface area contributed by atoms with E-state index < -0.39 is 12.0 Å². The fraction of sp³-hybridized carbons (Fsp3) is 0.500. The predicted octanol–water partition coefficient (Wildman–Crippen LogP) is 0.682. The number of piperazine rings is 1. The van der Waals surface area contributed by atoms with Crippen molar-refractivity contribution in [3.8, 4) is 5.75 Å². The number of hydrogen-bond acceptors (Lipinski definition) is 6. The van der Waals surface area contributed by atoms with Crippen molar-refractivity contribution in [1.29, 1.82) is 0 Å². The Morgan fingerprint density at radius 1 is 1.24 bits per heavy atom. The zero-order valence-electron chi connectivity index (χ0n) is 16.8. The molecule has 0 spiro atoms. The minimum absolute atomic E-state index is 0.0472. The topological polar surface area (TPSA) is 107 Å². The average Bonchev–Trinajstić information content (AvgIpc) is 3.13. The summed E-state index contributed by atoms with van der Waals surface area (Å²) in [6.07, 6.45) is 1.75. The van der Waals surface area contributed by atoms with Gasteiger partial charge in [-0.2, -0.15) is 0 Å². The summed E-state index contributed by atoms with van der Waals surface area (Å²) in [5.41, 5.74) is 1.51. The molecular formula is C20H28N4O5. The number of rotatable bonds is 9. The number of fused-ring (bicyclic) bond motifs is 1. The van der Waals surface area contributed by atoms with Crippen LogP contribution in [0.2, 0.25) is 0 Å². The Bertz CT molecular complexity index is 845. The molecule has 0 unspecified atom stereocenters. The maximum absolute atomic E-state index is 12.1. The summed E-state index contributed by atoms with van der Waals surface area (Å²) >= 11 is 0. The van der Waals surface area contributed by atoms with E-state index >= 15 is 0 Å². The van der Waals surface area contributed by atoms with Crippen LogP contribution in [0.25, 0.3) is 10.9 Å². The largest absolute Gasteiger partial charge is 0.495 e. The van der Waals surface area contributed by atoms with Gasteiger partial charge < -0.3 is 24.9 Å². The quantitative estimate of drug-likeness (QED) is 0.528. The number of amides is 1. The Morgan fingerprint density at radius 2 is 2.00 bits per heavy atom. The molecule has 158 valence electrons. The van der Waals surface area contributed by atoms with Gasteiger partial charge in [0, 0.05) is 57.0 Å². The Morgan fingerprint density at radius 3 is 2.66 bits per heavy atom. The second-order valence-electron chi connectivity index (χ2n) is 7.02. The fourth-order valence-corrected chi connectivity index (χ4v) is 3.76. The minimum atomic E-state index is -0.889. The third kappa shape index (κ3) is 4.87. The number of hydrogen-bond donors (Lipinski definition) is 3. The number of carboxylic acids is 1. The smallest absolute Gasteiger partial charge is 0.325 e. The van der Waals surface area contributed by atoms with Gasteiger partial charge in [-0.15, -0.1) is 0 Å². The molecule has 1 aromatic heterocycles. The lowest BCUT2D eigenvalue weighted by Crippen LogP contribution is -2.51. The van der Waals surface area contributed by atoms with Crippen LogP contribution in [-0.4, -0.2) is 91.9 Å². The van der Waals surface area contributed by atoms with E-state index in [-0.39, 0.29) is 5.91 Å². The van der Waals surface area contributed by atoms with Crippen LogP contribution in [0, 0.1) is 0 Å². The van der Waals surface area contributed by atoms with Crippen LogP contribution in [0.15, 0.2) is 24.4 Å². The number of carbonyl (C=O) groups is 2. The van der Waals surface area contributed by atoms with E-state index in [0.717, 1.165) is 16.5 Å².